The third-order valence-electron chi connectivity index (χ3n) is 4.45. The van der Waals surface area contributed by atoms with Crippen molar-refractivity contribution in [2.45, 2.75) is 0 Å². The molecule has 0 aliphatic carbocycles. The molecule has 0 bridgehead atoms. The molecule has 0 aliphatic rings. The van der Waals surface area contributed by atoms with Gasteiger partial charge in [-0.2, -0.15) is 5.10 Å². The zero-order valence-corrected chi connectivity index (χ0v) is 18.0. The van der Waals surface area contributed by atoms with Gasteiger partial charge in [-0.05, 0) is 48.0 Å². The van der Waals surface area contributed by atoms with Crippen LogP contribution in [0.4, 0.5) is 11.4 Å². The molecule has 0 spiro atoms. The van der Waals surface area contributed by atoms with Gasteiger partial charge < -0.3 is 14.2 Å². The average molecular weight is 466 g/mol. The van der Waals surface area contributed by atoms with Gasteiger partial charge in [-0.1, -0.05) is 0 Å². The summed E-state index contributed by atoms with van der Waals surface area (Å²) in [6.45, 7) is 0. The van der Waals surface area contributed by atoms with Gasteiger partial charge in [0.15, 0.2) is 0 Å². The summed E-state index contributed by atoms with van der Waals surface area (Å²) in [5.74, 6) is 0.563. The quantitative estimate of drug-likeness (QED) is 0.281. The molecule has 3 rings (SSSR count). The molecule has 1 N–H and O–H groups in total. The first-order valence-electron chi connectivity index (χ1n) is 9.58. The summed E-state index contributed by atoms with van der Waals surface area (Å²) in [5.41, 5.74) is 2.35. The van der Waals surface area contributed by atoms with Crippen molar-refractivity contribution in [2.24, 2.45) is 5.10 Å². The molecule has 0 aromatic heterocycles. The lowest BCUT2D eigenvalue weighted by Crippen LogP contribution is -2.17. The van der Waals surface area contributed by atoms with E-state index in [0.29, 0.717) is 22.6 Å². The molecule has 0 saturated heterocycles. The van der Waals surface area contributed by atoms with Crippen LogP contribution in [0.5, 0.6) is 23.0 Å². The van der Waals surface area contributed by atoms with Gasteiger partial charge in [-0.3, -0.25) is 25.0 Å². The number of ether oxygens (including phenoxy) is 3. The normalized spacial score (nSPS) is 10.5. The van der Waals surface area contributed by atoms with Crippen LogP contribution in [0.2, 0.25) is 0 Å². The minimum atomic E-state index is -0.760. The van der Waals surface area contributed by atoms with E-state index in [9.17, 15) is 25.0 Å². The summed E-state index contributed by atoms with van der Waals surface area (Å²) in [6.07, 6.45) is 1.40. The van der Waals surface area contributed by atoms with Crippen LogP contribution in [-0.2, 0) is 0 Å². The second kappa shape index (κ2) is 10.5. The summed E-state index contributed by atoms with van der Waals surface area (Å²) in [4.78, 5) is 32.9. The van der Waals surface area contributed by atoms with Crippen LogP contribution in [0, 0.1) is 20.2 Å². The molecule has 0 aliphatic heterocycles. The molecule has 3 aromatic carbocycles. The number of methoxy groups -OCH3 is 2. The molecular weight excluding hydrogens is 448 g/mol. The van der Waals surface area contributed by atoms with Crippen LogP contribution in [0.25, 0.3) is 0 Å². The number of non-ortho nitro benzene ring substituents is 1. The molecule has 174 valence electrons. The van der Waals surface area contributed by atoms with Gasteiger partial charge in [-0.25, -0.2) is 5.43 Å². The first-order chi connectivity index (χ1) is 16.3. The fourth-order valence-corrected chi connectivity index (χ4v) is 2.77. The van der Waals surface area contributed by atoms with Crippen LogP contribution < -0.4 is 19.6 Å². The third-order valence-corrected chi connectivity index (χ3v) is 4.45. The summed E-state index contributed by atoms with van der Waals surface area (Å²) in [5, 5.41) is 26.0. The summed E-state index contributed by atoms with van der Waals surface area (Å²) in [6, 6.07) is 14.1. The van der Waals surface area contributed by atoms with Gasteiger partial charge in [-0.15, -0.1) is 0 Å². The predicted molar refractivity (Wildman–Crippen MR) is 121 cm³/mol. The monoisotopic (exact) mass is 466 g/mol. The van der Waals surface area contributed by atoms with Gasteiger partial charge in [0.05, 0.1) is 36.3 Å². The lowest BCUT2D eigenvalue weighted by Gasteiger charge is -2.07. The number of hydrogen-bond donors (Lipinski definition) is 1. The number of hydrazone groups is 1. The van der Waals surface area contributed by atoms with Crippen molar-refractivity contribution in [2.75, 3.05) is 14.2 Å². The van der Waals surface area contributed by atoms with Crippen molar-refractivity contribution >= 4 is 23.5 Å². The molecule has 12 nitrogen and oxygen atoms in total. The first-order valence-corrected chi connectivity index (χ1v) is 9.58. The number of nitrogens with one attached hydrogen (secondary N) is 1. The molecule has 0 atom stereocenters. The van der Waals surface area contributed by atoms with Crippen molar-refractivity contribution in [1.29, 1.82) is 0 Å². The van der Waals surface area contributed by atoms with Crippen LogP contribution in [0.1, 0.15) is 15.9 Å². The second-order valence-electron chi connectivity index (χ2n) is 6.64. The van der Waals surface area contributed by atoms with Gasteiger partial charge in [0.2, 0.25) is 5.75 Å². The number of benzene rings is 3. The Bertz CT molecular complexity index is 1240. The Labute approximate surface area is 192 Å². The van der Waals surface area contributed by atoms with E-state index in [2.05, 4.69) is 10.5 Å². The molecule has 34 heavy (non-hydrogen) atoms. The van der Waals surface area contributed by atoms with Crippen LogP contribution in [0.15, 0.2) is 65.8 Å². The average Bonchev–Trinajstić information content (AvgIpc) is 2.84. The maximum absolute atomic E-state index is 12.3. The van der Waals surface area contributed by atoms with Crippen molar-refractivity contribution in [3.8, 4) is 23.0 Å². The Hall–Kier alpha value is -5.00. The van der Waals surface area contributed by atoms with Crippen molar-refractivity contribution < 1.29 is 28.9 Å². The molecule has 0 fully saturated rings. The van der Waals surface area contributed by atoms with E-state index in [4.69, 9.17) is 14.2 Å². The summed E-state index contributed by atoms with van der Waals surface area (Å²) < 4.78 is 15.8. The fourth-order valence-electron chi connectivity index (χ4n) is 2.77. The lowest BCUT2D eigenvalue weighted by atomic mass is 10.2. The third kappa shape index (κ3) is 5.82. The Morgan fingerprint density at radius 3 is 2.09 bits per heavy atom. The minimum absolute atomic E-state index is 0.141. The Morgan fingerprint density at radius 2 is 1.53 bits per heavy atom. The van der Waals surface area contributed by atoms with E-state index in [1.54, 1.807) is 18.2 Å². The number of hydrogen-bond acceptors (Lipinski definition) is 9. The molecule has 0 unspecified atom stereocenters. The van der Waals surface area contributed by atoms with Gasteiger partial charge in [0.1, 0.15) is 17.2 Å². The number of carbonyl (C=O) groups excluding carboxylic acids is 1. The standard InChI is InChI=1S/C22H18N4O8/c1-32-18-9-15(10-19(12-18)33-2)22(27)24-23-13-14-3-6-17(7-4-14)34-21-8-5-16(25(28)29)11-20(21)26(30)31/h3-13H,1-2H3,(H,24,27)/b23-13-. The van der Waals surface area contributed by atoms with Crippen LogP contribution in [-0.4, -0.2) is 36.2 Å². The van der Waals surface area contributed by atoms with Gasteiger partial charge >= 0.3 is 5.69 Å². The zero-order valence-electron chi connectivity index (χ0n) is 18.0. The highest BCUT2D eigenvalue weighted by Gasteiger charge is 2.21. The predicted octanol–water partition coefficient (Wildman–Crippen LogP) is 4.08. The smallest absolute Gasteiger partial charge is 0.318 e. The number of carbonyl (C=O) groups is 1. The molecule has 1 amide bonds. The molecular formula is C22H18N4O8. The lowest BCUT2D eigenvalue weighted by molar-refractivity contribution is -0.394. The minimum Gasteiger partial charge on any atom is -0.497 e. The van der Waals surface area contributed by atoms with Gasteiger partial charge in [0, 0.05) is 17.7 Å². The maximum atomic E-state index is 12.3. The van der Waals surface area contributed by atoms with E-state index < -0.39 is 27.1 Å². The second-order valence-corrected chi connectivity index (χ2v) is 6.64. The van der Waals surface area contributed by atoms with Crippen molar-refractivity contribution in [3.05, 3.63) is 92.0 Å². The molecule has 12 heteroatoms. The molecule has 0 heterocycles. The molecule has 3 aromatic rings. The number of amides is 1. The largest absolute Gasteiger partial charge is 0.497 e. The Balaban J connectivity index is 1.67. The van der Waals surface area contributed by atoms with E-state index in [1.807, 2.05) is 0 Å². The number of nitrogens with zero attached hydrogens (tertiary/aromatic N) is 3. The number of nitro benzene ring substituents is 2. The Kier molecular flexibility index (Phi) is 7.34. The van der Waals surface area contributed by atoms with Crippen LogP contribution in [0.3, 0.4) is 0 Å². The van der Waals surface area contributed by atoms with Crippen molar-refractivity contribution in [1.82, 2.24) is 5.43 Å². The summed E-state index contributed by atoms with van der Waals surface area (Å²) >= 11 is 0. The topological polar surface area (TPSA) is 155 Å². The number of nitro groups is 2. The molecule has 0 radical (unpaired) electrons. The highest BCUT2D eigenvalue weighted by molar-refractivity contribution is 5.95. The highest BCUT2D eigenvalue weighted by Crippen LogP contribution is 2.34. The van der Waals surface area contributed by atoms with Crippen molar-refractivity contribution in [3.63, 3.8) is 0 Å². The first kappa shape index (κ1) is 23.7. The maximum Gasteiger partial charge on any atom is 0.318 e. The van der Waals surface area contributed by atoms with E-state index in [0.717, 1.165) is 18.2 Å². The Morgan fingerprint density at radius 1 is 0.882 bits per heavy atom. The van der Waals surface area contributed by atoms with E-state index >= 15 is 0 Å². The molecule has 0 saturated carbocycles. The zero-order chi connectivity index (χ0) is 24.7. The van der Waals surface area contributed by atoms with Crippen LogP contribution >= 0.6 is 0 Å². The SMILES string of the molecule is COc1cc(OC)cc(C(=O)N/N=C\c2ccc(Oc3ccc([N+](=O)[O-])cc3[N+](=O)[O-])cc2)c1. The summed E-state index contributed by atoms with van der Waals surface area (Å²) in [7, 11) is 2.95. The number of rotatable bonds is 9. The van der Waals surface area contributed by atoms with E-state index in [1.165, 1.54) is 44.7 Å². The highest BCUT2D eigenvalue weighted by atomic mass is 16.6. The van der Waals surface area contributed by atoms with E-state index in [-0.39, 0.29) is 11.5 Å². The fraction of sp³-hybridized carbons (Fsp3) is 0.0909. The van der Waals surface area contributed by atoms with Gasteiger partial charge in [0.25, 0.3) is 11.6 Å².